The molecule has 2 unspecified atom stereocenters. The van der Waals surface area contributed by atoms with Gasteiger partial charge in [-0.05, 0) is 50.4 Å². The average molecular weight is 275 g/mol. The van der Waals surface area contributed by atoms with E-state index in [4.69, 9.17) is 5.73 Å². The van der Waals surface area contributed by atoms with Gasteiger partial charge in [-0.1, -0.05) is 19.1 Å². The van der Waals surface area contributed by atoms with E-state index >= 15 is 0 Å². The van der Waals surface area contributed by atoms with Gasteiger partial charge in [-0.15, -0.1) is 0 Å². The van der Waals surface area contributed by atoms with Crippen molar-refractivity contribution in [3.05, 3.63) is 29.8 Å². The molecule has 0 aromatic heterocycles. The van der Waals surface area contributed by atoms with E-state index in [1.54, 1.807) is 0 Å². The Morgan fingerprint density at radius 2 is 2.35 bits per heavy atom. The topological polar surface area (TPSA) is 58.4 Å². The summed E-state index contributed by atoms with van der Waals surface area (Å²) in [6.45, 7) is 5.70. The van der Waals surface area contributed by atoms with Crippen LogP contribution in [0, 0.1) is 0 Å². The number of rotatable bonds is 5. The zero-order chi connectivity index (χ0) is 14.5. The first-order valence-corrected chi connectivity index (χ1v) is 7.51. The first-order valence-electron chi connectivity index (χ1n) is 7.51. The molecule has 110 valence electrons. The van der Waals surface area contributed by atoms with Gasteiger partial charge in [0.25, 0.3) is 0 Å². The summed E-state index contributed by atoms with van der Waals surface area (Å²) < 4.78 is 0. The third kappa shape index (κ3) is 3.38. The Bertz CT molecular complexity index is 461. The number of nitrogens with one attached hydrogen (secondary N) is 1. The van der Waals surface area contributed by atoms with Crippen LogP contribution in [-0.2, 0) is 11.3 Å². The fraction of sp³-hybridized carbons (Fsp3) is 0.562. The van der Waals surface area contributed by atoms with E-state index in [1.807, 2.05) is 31.2 Å². The number of amides is 1. The molecule has 1 aliphatic rings. The van der Waals surface area contributed by atoms with Crippen molar-refractivity contribution in [1.82, 2.24) is 4.90 Å². The molecule has 1 aliphatic heterocycles. The van der Waals surface area contributed by atoms with Crippen molar-refractivity contribution in [2.75, 3.05) is 11.9 Å². The number of nitrogens with zero attached hydrogens (tertiary/aromatic N) is 1. The minimum atomic E-state index is -0.0796. The van der Waals surface area contributed by atoms with Crippen molar-refractivity contribution in [3.8, 4) is 0 Å². The summed E-state index contributed by atoms with van der Waals surface area (Å²) in [5, 5.41) is 3.00. The first kappa shape index (κ1) is 15.0. The Kier molecular flexibility index (Phi) is 5.15. The van der Waals surface area contributed by atoms with Gasteiger partial charge in [0.1, 0.15) is 0 Å². The highest BCUT2D eigenvalue weighted by atomic mass is 16.2. The second-order valence-electron chi connectivity index (χ2n) is 5.51. The van der Waals surface area contributed by atoms with Gasteiger partial charge in [0.2, 0.25) is 5.91 Å². The quantitative estimate of drug-likeness (QED) is 0.867. The van der Waals surface area contributed by atoms with Crippen molar-refractivity contribution in [2.24, 2.45) is 5.73 Å². The summed E-state index contributed by atoms with van der Waals surface area (Å²) in [6.07, 6.45) is 3.51. The van der Waals surface area contributed by atoms with Gasteiger partial charge in [0.15, 0.2) is 0 Å². The van der Waals surface area contributed by atoms with Gasteiger partial charge in [0, 0.05) is 18.3 Å². The van der Waals surface area contributed by atoms with E-state index < -0.39 is 0 Å². The van der Waals surface area contributed by atoms with Gasteiger partial charge in [0.05, 0.1) is 6.04 Å². The van der Waals surface area contributed by atoms with Gasteiger partial charge in [-0.3, -0.25) is 9.69 Å². The molecule has 0 saturated carbocycles. The molecule has 0 spiro atoms. The summed E-state index contributed by atoms with van der Waals surface area (Å²) in [4.78, 5) is 14.7. The Hall–Kier alpha value is -1.39. The molecule has 0 bridgehead atoms. The molecule has 2 atom stereocenters. The summed E-state index contributed by atoms with van der Waals surface area (Å²) >= 11 is 0. The van der Waals surface area contributed by atoms with E-state index in [9.17, 15) is 4.79 Å². The zero-order valence-corrected chi connectivity index (χ0v) is 12.4. The largest absolute Gasteiger partial charge is 0.326 e. The summed E-state index contributed by atoms with van der Waals surface area (Å²) in [5.74, 6) is 0.0690. The van der Waals surface area contributed by atoms with Crippen LogP contribution in [0.25, 0.3) is 0 Å². The number of anilines is 1. The minimum Gasteiger partial charge on any atom is -0.326 e. The van der Waals surface area contributed by atoms with E-state index in [0.29, 0.717) is 12.6 Å². The fourth-order valence-corrected chi connectivity index (χ4v) is 2.98. The third-order valence-electron chi connectivity index (χ3n) is 4.20. The molecule has 4 heteroatoms. The van der Waals surface area contributed by atoms with Gasteiger partial charge in [-0.25, -0.2) is 0 Å². The number of hydrogen-bond acceptors (Lipinski definition) is 3. The molecule has 0 aliphatic carbocycles. The number of carbonyl (C=O) groups excluding carboxylic acids is 1. The lowest BCUT2D eigenvalue weighted by Crippen LogP contribution is -2.44. The highest BCUT2D eigenvalue weighted by Gasteiger charge is 2.30. The standard InChI is InChI=1S/C16H25N3O/c1-3-15-8-5-9-19(15)12(2)16(20)18-14-7-4-6-13(10-14)11-17/h4,6-7,10,12,15H,3,5,8-9,11,17H2,1-2H3,(H,18,20). The van der Waals surface area contributed by atoms with E-state index in [0.717, 1.165) is 24.2 Å². The van der Waals surface area contributed by atoms with Crippen LogP contribution >= 0.6 is 0 Å². The Labute approximate surface area is 121 Å². The molecule has 1 fully saturated rings. The highest BCUT2D eigenvalue weighted by Crippen LogP contribution is 2.23. The first-order chi connectivity index (χ1) is 9.65. The maximum Gasteiger partial charge on any atom is 0.241 e. The van der Waals surface area contributed by atoms with Crippen LogP contribution in [0.2, 0.25) is 0 Å². The Morgan fingerprint density at radius 1 is 1.55 bits per heavy atom. The SMILES string of the molecule is CCC1CCCN1C(C)C(=O)Nc1cccc(CN)c1. The Balaban J connectivity index is 2.00. The monoisotopic (exact) mass is 275 g/mol. The number of hydrogen-bond donors (Lipinski definition) is 2. The molecule has 0 radical (unpaired) electrons. The number of carbonyl (C=O) groups is 1. The average Bonchev–Trinajstić information content (AvgIpc) is 2.95. The van der Waals surface area contributed by atoms with E-state index in [2.05, 4.69) is 17.1 Å². The molecular weight excluding hydrogens is 250 g/mol. The van der Waals surface area contributed by atoms with Crippen LogP contribution in [0.3, 0.4) is 0 Å². The molecule has 1 heterocycles. The van der Waals surface area contributed by atoms with Crippen molar-refractivity contribution >= 4 is 11.6 Å². The lowest BCUT2D eigenvalue weighted by molar-refractivity contribution is -0.121. The maximum absolute atomic E-state index is 12.4. The third-order valence-corrected chi connectivity index (χ3v) is 4.20. The molecule has 1 aromatic carbocycles. The molecule has 2 rings (SSSR count). The van der Waals surface area contributed by atoms with Crippen molar-refractivity contribution < 1.29 is 4.79 Å². The lowest BCUT2D eigenvalue weighted by atomic mass is 10.1. The molecule has 1 saturated heterocycles. The van der Waals surface area contributed by atoms with Gasteiger partial charge < -0.3 is 11.1 Å². The minimum absolute atomic E-state index is 0.0690. The molecule has 3 N–H and O–H groups in total. The predicted octanol–water partition coefficient (Wildman–Crippen LogP) is 2.35. The van der Waals surface area contributed by atoms with Crippen LogP contribution < -0.4 is 11.1 Å². The molecule has 1 amide bonds. The normalized spacial score (nSPS) is 20.9. The van der Waals surface area contributed by atoms with Crippen LogP contribution in [0.1, 0.15) is 38.7 Å². The van der Waals surface area contributed by atoms with Crippen LogP contribution in [0.15, 0.2) is 24.3 Å². The van der Waals surface area contributed by atoms with Crippen molar-refractivity contribution in [1.29, 1.82) is 0 Å². The number of likely N-dealkylation sites (tertiary alicyclic amines) is 1. The molecule has 4 nitrogen and oxygen atoms in total. The number of nitrogens with two attached hydrogens (primary N) is 1. The van der Waals surface area contributed by atoms with E-state index in [-0.39, 0.29) is 11.9 Å². The zero-order valence-electron chi connectivity index (χ0n) is 12.4. The Morgan fingerprint density at radius 3 is 3.05 bits per heavy atom. The molecular formula is C16H25N3O. The van der Waals surface area contributed by atoms with Crippen molar-refractivity contribution in [2.45, 2.75) is 51.7 Å². The second-order valence-corrected chi connectivity index (χ2v) is 5.51. The second kappa shape index (κ2) is 6.86. The number of benzene rings is 1. The smallest absolute Gasteiger partial charge is 0.241 e. The summed E-state index contributed by atoms with van der Waals surface area (Å²) in [6, 6.07) is 8.20. The van der Waals surface area contributed by atoms with E-state index in [1.165, 1.54) is 12.8 Å². The summed E-state index contributed by atoms with van der Waals surface area (Å²) in [7, 11) is 0. The molecule has 20 heavy (non-hydrogen) atoms. The summed E-state index contributed by atoms with van der Waals surface area (Å²) in [5.41, 5.74) is 7.49. The fourth-order valence-electron chi connectivity index (χ4n) is 2.98. The van der Waals surface area contributed by atoms with Gasteiger partial charge >= 0.3 is 0 Å². The van der Waals surface area contributed by atoms with Crippen LogP contribution in [0.4, 0.5) is 5.69 Å². The van der Waals surface area contributed by atoms with Crippen molar-refractivity contribution in [3.63, 3.8) is 0 Å². The molecule has 1 aromatic rings. The highest BCUT2D eigenvalue weighted by molar-refractivity contribution is 5.94. The lowest BCUT2D eigenvalue weighted by Gasteiger charge is -2.29. The van der Waals surface area contributed by atoms with Crippen LogP contribution in [0.5, 0.6) is 0 Å². The maximum atomic E-state index is 12.4. The van der Waals surface area contributed by atoms with Crippen LogP contribution in [-0.4, -0.2) is 29.4 Å². The van der Waals surface area contributed by atoms with Gasteiger partial charge in [-0.2, -0.15) is 0 Å². The predicted molar refractivity (Wildman–Crippen MR) is 82.4 cm³/mol.